The molecule has 1 aliphatic carbocycles. The molecule has 1 aromatic heterocycles. The highest BCUT2D eigenvalue weighted by Crippen LogP contribution is 2.53. The van der Waals surface area contributed by atoms with E-state index in [0.29, 0.717) is 18.6 Å². The van der Waals surface area contributed by atoms with Crippen molar-refractivity contribution < 1.29 is 5.11 Å². The summed E-state index contributed by atoms with van der Waals surface area (Å²) in [7, 11) is 2.18. The maximum Gasteiger partial charge on any atom is 0.0477 e. The first-order valence-electron chi connectivity index (χ1n) is 12.7. The van der Waals surface area contributed by atoms with E-state index in [0.717, 1.165) is 31.7 Å². The van der Waals surface area contributed by atoms with Crippen LogP contribution in [-0.4, -0.2) is 58.2 Å². The lowest BCUT2D eigenvalue weighted by Gasteiger charge is -2.40. The van der Waals surface area contributed by atoms with Crippen LogP contribution in [0, 0.1) is 11.8 Å². The molecule has 3 aliphatic rings. The van der Waals surface area contributed by atoms with Crippen molar-refractivity contribution in [3.8, 4) is 0 Å². The fourth-order valence-electron chi connectivity index (χ4n) is 6.45. The number of nitrogens with one attached hydrogen (secondary N) is 1. The number of fused-ring (bicyclic) bond motifs is 3. The van der Waals surface area contributed by atoms with Crippen molar-refractivity contribution in [2.75, 3.05) is 26.7 Å². The minimum Gasteiger partial charge on any atom is -0.396 e. The van der Waals surface area contributed by atoms with Gasteiger partial charge in [0.1, 0.15) is 0 Å². The number of aliphatic hydroxyl groups is 1. The Morgan fingerprint density at radius 2 is 1.79 bits per heavy atom. The van der Waals surface area contributed by atoms with Gasteiger partial charge in [-0.2, -0.15) is 0 Å². The van der Waals surface area contributed by atoms with Crippen LogP contribution in [0.25, 0.3) is 10.9 Å². The lowest BCUT2D eigenvalue weighted by molar-refractivity contribution is 0.0782. The molecule has 1 saturated carbocycles. The van der Waals surface area contributed by atoms with Gasteiger partial charge in [0, 0.05) is 60.3 Å². The molecule has 2 N–H and O–H groups in total. The zero-order chi connectivity index (χ0) is 23.0. The third kappa shape index (κ3) is 4.37. The SMILES string of the molecule is CCC1(N2Cc3[nH]c4ccccc4c3CC2C)CC1CO.CN1CC(Cc2ccccc2)C1. The van der Waals surface area contributed by atoms with Gasteiger partial charge in [0.25, 0.3) is 0 Å². The molecule has 0 spiro atoms. The molecule has 4 nitrogen and oxygen atoms in total. The van der Waals surface area contributed by atoms with E-state index in [9.17, 15) is 5.11 Å². The number of para-hydroxylation sites is 1. The number of hydrogen-bond donors (Lipinski definition) is 2. The lowest BCUT2D eigenvalue weighted by atomic mass is 9.93. The van der Waals surface area contributed by atoms with E-state index in [1.165, 1.54) is 47.2 Å². The Kier molecular flexibility index (Phi) is 6.34. The number of rotatable bonds is 5. The van der Waals surface area contributed by atoms with Crippen LogP contribution in [-0.2, 0) is 19.4 Å². The first-order valence-corrected chi connectivity index (χ1v) is 12.7. The normalized spacial score (nSPS) is 27.5. The lowest BCUT2D eigenvalue weighted by Crippen LogP contribution is -2.48. The predicted octanol–water partition coefficient (Wildman–Crippen LogP) is 4.87. The highest BCUT2D eigenvalue weighted by molar-refractivity contribution is 5.84. The van der Waals surface area contributed by atoms with Gasteiger partial charge in [0.05, 0.1) is 0 Å². The molecule has 3 aromatic rings. The quantitative estimate of drug-likeness (QED) is 0.589. The second kappa shape index (κ2) is 9.25. The van der Waals surface area contributed by atoms with Crippen LogP contribution in [0.1, 0.15) is 43.5 Å². The smallest absolute Gasteiger partial charge is 0.0477 e. The molecule has 3 atom stereocenters. The van der Waals surface area contributed by atoms with Gasteiger partial charge < -0.3 is 15.0 Å². The van der Waals surface area contributed by atoms with E-state index in [1.807, 2.05) is 0 Å². The maximum absolute atomic E-state index is 9.56. The van der Waals surface area contributed by atoms with Crippen LogP contribution in [0.2, 0.25) is 0 Å². The molecule has 2 fully saturated rings. The highest BCUT2D eigenvalue weighted by atomic mass is 16.3. The Hall–Kier alpha value is -2.14. The van der Waals surface area contributed by atoms with Crippen molar-refractivity contribution in [2.45, 2.75) is 57.7 Å². The molecule has 2 aliphatic heterocycles. The van der Waals surface area contributed by atoms with Gasteiger partial charge in [-0.1, -0.05) is 55.5 Å². The zero-order valence-corrected chi connectivity index (χ0v) is 20.4. The van der Waals surface area contributed by atoms with Crippen molar-refractivity contribution in [1.29, 1.82) is 0 Å². The van der Waals surface area contributed by atoms with Crippen LogP contribution >= 0.6 is 0 Å². The molecule has 2 aromatic carbocycles. The largest absolute Gasteiger partial charge is 0.396 e. The number of hydrogen-bond acceptors (Lipinski definition) is 3. The van der Waals surface area contributed by atoms with Crippen LogP contribution in [0.15, 0.2) is 54.6 Å². The number of aromatic nitrogens is 1. The molecule has 0 radical (unpaired) electrons. The third-order valence-electron chi connectivity index (χ3n) is 8.37. The van der Waals surface area contributed by atoms with E-state index in [1.54, 1.807) is 0 Å². The van der Waals surface area contributed by atoms with Crippen molar-refractivity contribution in [2.24, 2.45) is 11.8 Å². The molecule has 0 amide bonds. The number of aromatic amines is 1. The molecule has 176 valence electrons. The summed E-state index contributed by atoms with van der Waals surface area (Å²) in [6.07, 6.45) is 4.66. The third-order valence-corrected chi connectivity index (χ3v) is 8.37. The Labute approximate surface area is 198 Å². The minimum atomic E-state index is 0.239. The molecule has 33 heavy (non-hydrogen) atoms. The van der Waals surface area contributed by atoms with Gasteiger partial charge in [-0.25, -0.2) is 0 Å². The van der Waals surface area contributed by atoms with Gasteiger partial charge in [-0.15, -0.1) is 0 Å². The van der Waals surface area contributed by atoms with Crippen LogP contribution in [0.3, 0.4) is 0 Å². The summed E-state index contributed by atoms with van der Waals surface area (Å²) >= 11 is 0. The van der Waals surface area contributed by atoms with Gasteiger partial charge >= 0.3 is 0 Å². The zero-order valence-electron chi connectivity index (χ0n) is 20.4. The van der Waals surface area contributed by atoms with Gasteiger partial charge in [-0.3, -0.25) is 4.90 Å². The van der Waals surface area contributed by atoms with Crippen LogP contribution < -0.4 is 0 Å². The first kappa shape index (κ1) is 22.6. The summed E-state index contributed by atoms with van der Waals surface area (Å²) in [6, 6.07) is 19.9. The number of H-pyrrole nitrogens is 1. The molecular formula is C29H39N3O. The Morgan fingerprint density at radius 3 is 2.45 bits per heavy atom. The van der Waals surface area contributed by atoms with Crippen molar-refractivity contribution in [3.63, 3.8) is 0 Å². The molecule has 1 saturated heterocycles. The standard InChI is InChI=1S/C18H24N2O.C11H15N/c1-3-18(9-13(18)11-21)20-10-17-15(8-12(20)2)14-6-4-5-7-16(14)19-17;1-12-8-11(9-12)7-10-5-3-2-4-6-10/h4-7,12-13,19,21H,3,8-11H2,1-2H3;2-6,11H,7-9H2,1H3. The van der Waals surface area contributed by atoms with E-state index in [4.69, 9.17) is 0 Å². The molecule has 0 bridgehead atoms. The van der Waals surface area contributed by atoms with Crippen molar-refractivity contribution in [1.82, 2.24) is 14.8 Å². The van der Waals surface area contributed by atoms with Crippen molar-refractivity contribution in [3.05, 3.63) is 71.4 Å². The average molecular weight is 446 g/mol. The molecule has 6 rings (SSSR count). The highest BCUT2D eigenvalue weighted by Gasteiger charge is 2.57. The Morgan fingerprint density at radius 1 is 1.06 bits per heavy atom. The summed E-state index contributed by atoms with van der Waals surface area (Å²) in [5.74, 6) is 1.37. The number of likely N-dealkylation sites (tertiary alicyclic amines) is 1. The fourth-order valence-corrected chi connectivity index (χ4v) is 6.45. The summed E-state index contributed by atoms with van der Waals surface area (Å²) in [6.45, 7) is 8.48. The summed E-state index contributed by atoms with van der Waals surface area (Å²) in [5, 5.41) is 11.0. The minimum absolute atomic E-state index is 0.239. The second-order valence-corrected chi connectivity index (χ2v) is 10.6. The van der Waals surface area contributed by atoms with Gasteiger partial charge in [0.15, 0.2) is 0 Å². The summed E-state index contributed by atoms with van der Waals surface area (Å²) < 4.78 is 0. The van der Waals surface area contributed by atoms with E-state index < -0.39 is 0 Å². The van der Waals surface area contributed by atoms with E-state index in [2.05, 4.69) is 90.3 Å². The number of benzene rings is 2. The molecule has 3 heterocycles. The molecular weight excluding hydrogens is 406 g/mol. The fraction of sp³-hybridized carbons (Fsp3) is 0.517. The second-order valence-electron chi connectivity index (χ2n) is 10.6. The monoisotopic (exact) mass is 445 g/mol. The Balaban J connectivity index is 0.000000162. The summed E-state index contributed by atoms with van der Waals surface area (Å²) in [5.41, 5.74) is 5.86. The Bertz CT molecular complexity index is 1070. The number of aliphatic hydroxyl groups excluding tert-OH is 1. The van der Waals surface area contributed by atoms with Gasteiger partial charge in [0.2, 0.25) is 0 Å². The molecule has 4 heteroatoms. The van der Waals surface area contributed by atoms with Crippen LogP contribution in [0.5, 0.6) is 0 Å². The average Bonchev–Trinajstić information content (AvgIpc) is 3.45. The number of nitrogens with zero attached hydrogens (tertiary/aromatic N) is 2. The first-order chi connectivity index (χ1) is 16.0. The van der Waals surface area contributed by atoms with E-state index in [-0.39, 0.29) is 5.54 Å². The van der Waals surface area contributed by atoms with Crippen molar-refractivity contribution >= 4 is 10.9 Å². The van der Waals surface area contributed by atoms with E-state index >= 15 is 0 Å². The predicted molar refractivity (Wildman–Crippen MR) is 136 cm³/mol. The topological polar surface area (TPSA) is 42.5 Å². The van der Waals surface area contributed by atoms with Gasteiger partial charge in [-0.05, 0) is 62.8 Å². The molecule has 3 unspecified atom stereocenters. The maximum atomic E-state index is 9.56. The summed E-state index contributed by atoms with van der Waals surface area (Å²) in [4.78, 5) is 8.63. The van der Waals surface area contributed by atoms with Crippen LogP contribution in [0.4, 0.5) is 0 Å².